The Kier molecular flexibility index (Phi) is 4.95. The van der Waals surface area contributed by atoms with Crippen LogP contribution in [-0.4, -0.2) is 31.4 Å². The minimum absolute atomic E-state index is 0.305. The molecule has 0 bridgehead atoms. The number of ether oxygens (including phenoxy) is 2. The number of benzene rings is 2. The van der Waals surface area contributed by atoms with Crippen LogP contribution in [0.15, 0.2) is 42.5 Å². The van der Waals surface area contributed by atoms with Gasteiger partial charge in [-0.25, -0.2) is 4.79 Å². The van der Waals surface area contributed by atoms with Crippen molar-refractivity contribution in [2.75, 3.05) is 20.3 Å². The molecule has 1 N–H and O–H groups in total. The smallest absolute Gasteiger partial charge is 0.335 e. The first-order valence-corrected chi connectivity index (χ1v) is 6.68. The quantitative estimate of drug-likeness (QED) is 0.827. The number of para-hydroxylation sites is 1. The van der Waals surface area contributed by atoms with E-state index in [4.69, 9.17) is 9.47 Å². The fraction of sp³-hybridized carbons (Fsp3) is 0.235. The number of rotatable bonds is 6. The molecule has 2 rings (SSSR count). The molecule has 0 radical (unpaired) electrons. The van der Waals surface area contributed by atoms with E-state index in [1.807, 2.05) is 36.4 Å². The number of aryl methyl sites for hydroxylation is 1. The molecule has 0 saturated heterocycles. The first kappa shape index (κ1) is 15.1. The van der Waals surface area contributed by atoms with Gasteiger partial charge in [0.25, 0.3) is 0 Å². The van der Waals surface area contributed by atoms with Crippen LogP contribution >= 0.6 is 0 Å². The average molecular weight is 286 g/mol. The number of carboxylic acids is 1. The van der Waals surface area contributed by atoms with E-state index in [0.29, 0.717) is 18.8 Å². The van der Waals surface area contributed by atoms with Crippen molar-refractivity contribution in [3.8, 4) is 16.9 Å². The van der Waals surface area contributed by atoms with Crippen LogP contribution in [0.2, 0.25) is 0 Å². The summed E-state index contributed by atoms with van der Waals surface area (Å²) < 4.78 is 10.7. The number of carboxylic acid groups (broad SMARTS) is 1. The number of aromatic carboxylic acids is 1. The summed E-state index contributed by atoms with van der Waals surface area (Å²) in [7, 11) is 1.62. The molecule has 4 nitrogen and oxygen atoms in total. The van der Waals surface area contributed by atoms with Crippen LogP contribution in [0.4, 0.5) is 0 Å². The average Bonchev–Trinajstić information content (AvgIpc) is 2.48. The number of hydrogen-bond acceptors (Lipinski definition) is 3. The van der Waals surface area contributed by atoms with Crippen molar-refractivity contribution < 1.29 is 19.4 Å². The second-order valence-electron chi connectivity index (χ2n) is 4.67. The van der Waals surface area contributed by atoms with E-state index in [1.54, 1.807) is 20.1 Å². The SMILES string of the molecule is COCCOc1ccccc1-c1ccc(C)c(C(=O)O)c1. The predicted octanol–water partition coefficient (Wildman–Crippen LogP) is 3.39. The fourth-order valence-corrected chi connectivity index (χ4v) is 2.09. The van der Waals surface area contributed by atoms with Crippen LogP contribution in [0.3, 0.4) is 0 Å². The summed E-state index contributed by atoms with van der Waals surface area (Å²) in [6.45, 7) is 2.74. The predicted molar refractivity (Wildman–Crippen MR) is 80.9 cm³/mol. The second-order valence-corrected chi connectivity index (χ2v) is 4.67. The lowest BCUT2D eigenvalue weighted by molar-refractivity contribution is 0.0696. The first-order chi connectivity index (χ1) is 10.1. The summed E-state index contributed by atoms with van der Waals surface area (Å²) in [6.07, 6.45) is 0. The molecule has 0 aliphatic rings. The maximum atomic E-state index is 11.3. The lowest BCUT2D eigenvalue weighted by atomic mass is 9.99. The van der Waals surface area contributed by atoms with Gasteiger partial charge in [-0.1, -0.05) is 30.3 Å². The zero-order valence-corrected chi connectivity index (χ0v) is 12.1. The van der Waals surface area contributed by atoms with Crippen molar-refractivity contribution in [2.24, 2.45) is 0 Å². The molecule has 0 aromatic heterocycles. The van der Waals surface area contributed by atoms with Gasteiger partial charge in [0.15, 0.2) is 0 Å². The minimum atomic E-state index is -0.924. The first-order valence-electron chi connectivity index (χ1n) is 6.68. The zero-order valence-electron chi connectivity index (χ0n) is 12.1. The minimum Gasteiger partial charge on any atom is -0.491 e. The summed E-state index contributed by atoms with van der Waals surface area (Å²) in [4.78, 5) is 11.3. The number of carbonyl (C=O) groups is 1. The molecule has 110 valence electrons. The molecule has 2 aromatic rings. The topological polar surface area (TPSA) is 55.8 Å². The standard InChI is InChI=1S/C17H18O4/c1-12-7-8-13(11-15(12)17(18)19)14-5-3-4-6-16(14)21-10-9-20-2/h3-8,11H,9-10H2,1-2H3,(H,18,19). The molecule has 0 aliphatic carbocycles. The molecule has 4 heteroatoms. The Balaban J connectivity index is 2.37. The largest absolute Gasteiger partial charge is 0.491 e. The van der Waals surface area contributed by atoms with Crippen molar-refractivity contribution >= 4 is 5.97 Å². The van der Waals surface area contributed by atoms with Crippen LogP contribution in [0.1, 0.15) is 15.9 Å². The van der Waals surface area contributed by atoms with Gasteiger partial charge in [-0.3, -0.25) is 0 Å². The molecule has 2 aromatic carbocycles. The van der Waals surface area contributed by atoms with Crippen LogP contribution in [0.5, 0.6) is 5.75 Å². The number of hydrogen-bond donors (Lipinski definition) is 1. The van der Waals surface area contributed by atoms with Gasteiger partial charge in [0, 0.05) is 12.7 Å². The Hall–Kier alpha value is -2.33. The van der Waals surface area contributed by atoms with Gasteiger partial charge < -0.3 is 14.6 Å². The van der Waals surface area contributed by atoms with Gasteiger partial charge in [-0.2, -0.15) is 0 Å². The van der Waals surface area contributed by atoms with Gasteiger partial charge in [0.05, 0.1) is 12.2 Å². The molecular weight excluding hydrogens is 268 g/mol. The van der Waals surface area contributed by atoms with Crippen LogP contribution < -0.4 is 4.74 Å². The van der Waals surface area contributed by atoms with E-state index in [0.717, 1.165) is 22.4 Å². The van der Waals surface area contributed by atoms with Crippen LogP contribution in [-0.2, 0) is 4.74 Å². The maximum absolute atomic E-state index is 11.3. The molecule has 0 amide bonds. The van der Waals surface area contributed by atoms with Crippen LogP contribution in [0, 0.1) is 6.92 Å². The second kappa shape index (κ2) is 6.90. The Labute approximate surface area is 123 Å². The monoisotopic (exact) mass is 286 g/mol. The zero-order chi connectivity index (χ0) is 15.2. The molecule has 21 heavy (non-hydrogen) atoms. The van der Waals surface area contributed by atoms with E-state index < -0.39 is 5.97 Å². The normalized spacial score (nSPS) is 10.4. The summed E-state index contributed by atoms with van der Waals surface area (Å²) in [5.41, 5.74) is 2.74. The van der Waals surface area contributed by atoms with Crippen molar-refractivity contribution in [1.29, 1.82) is 0 Å². The summed E-state index contributed by atoms with van der Waals surface area (Å²) in [5, 5.41) is 9.23. The van der Waals surface area contributed by atoms with Gasteiger partial charge in [-0.05, 0) is 30.2 Å². The van der Waals surface area contributed by atoms with Crippen molar-refractivity contribution in [3.05, 3.63) is 53.6 Å². The third-order valence-corrected chi connectivity index (χ3v) is 3.21. The van der Waals surface area contributed by atoms with E-state index in [-0.39, 0.29) is 0 Å². The third-order valence-electron chi connectivity index (χ3n) is 3.21. The van der Waals surface area contributed by atoms with E-state index in [9.17, 15) is 9.90 Å². The third kappa shape index (κ3) is 3.61. The summed E-state index contributed by atoms with van der Waals surface area (Å²) >= 11 is 0. The van der Waals surface area contributed by atoms with Crippen molar-refractivity contribution in [3.63, 3.8) is 0 Å². The fourth-order valence-electron chi connectivity index (χ4n) is 2.09. The van der Waals surface area contributed by atoms with Crippen molar-refractivity contribution in [2.45, 2.75) is 6.92 Å². The molecule has 0 spiro atoms. The summed E-state index contributed by atoms with van der Waals surface area (Å²) in [6, 6.07) is 13.0. The lowest BCUT2D eigenvalue weighted by Crippen LogP contribution is -2.05. The van der Waals surface area contributed by atoms with Crippen LogP contribution in [0.25, 0.3) is 11.1 Å². The van der Waals surface area contributed by atoms with Gasteiger partial charge in [0.2, 0.25) is 0 Å². The highest BCUT2D eigenvalue weighted by atomic mass is 16.5. The van der Waals surface area contributed by atoms with E-state index in [2.05, 4.69) is 0 Å². The molecule has 0 heterocycles. The molecule has 0 saturated carbocycles. The molecular formula is C17H18O4. The van der Waals surface area contributed by atoms with Gasteiger partial charge in [-0.15, -0.1) is 0 Å². The van der Waals surface area contributed by atoms with Gasteiger partial charge >= 0.3 is 5.97 Å². The lowest BCUT2D eigenvalue weighted by Gasteiger charge is -2.12. The van der Waals surface area contributed by atoms with E-state index >= 15 is 0 Å². The molecule has 0 atom stereocenters. The Bertz CT molecular complexity index is 634. The van der Waals surface area contributed by atoms with Crippen molar-refractivity contribution in [1.82, 2.24) is 0 Å². The maximum Gasteiger partial charge on any atom is 0.335 e. The molecule has 0 unspecified atom stereocenters. The molecule has 0 aliphatic heterocycles. The Morgan fingerprint density at radius 3 is 2.62 bits per heavy atom. The summed E-state index contributed by atoms with van der Waals surface area (Å²) in [5.74, 6) is -0.207. The molecule has 0 fully saturated rings. The van der Waals surface area contributed by atoms with Gasteiger partial charge in [0.1, 0.15) is 12.4 Å². The Morgan fingerprint density at radius 2 is 1.90 bits per heavy atom. The highest BCUT2D eigenvalue weighted by Gasteiger charge is 2.11. The van der Waals surface area contributed by atoms with E-state index in [1.165, 1.54) is 0 Å². The highest BCUT2D eigenvalue weighted by Crippen LogP contribution is 2.31. The number of methoxy groups -OCH3 is 1. The highest BCUT2D eigenvalue weighted by molar-refractivity contribution is 5.91. The Morgan fingerprint density at radius 1 is 1.14 bits per heavy atom.